The van der Waals surface area contributed by atoms with Crippen molar-refractivity contribution < 1.29 is 14.3 Å². The number of alkyl carbamates (subject to hydrolysis) is 1. The van der Waals surface area contributed by atoms with Crippen LogP contribution in [0, 0.1) is 6.92 Å². The van der Waals surface area contributed by atoms with Crippen molar-refractivity contribution in [2.45, 2.75) is 19.4 Å². The number of methoxy groups -OCH3 is 1. The van der Waals surface area contributed by atoms with E-state index in [9.17, 15) is 4.79 Å². The Bertz CT molecular complexity index is 715. The molecule has 120 valence electrons. The lowest BCUT2D eigenvalue weighted by atomic mass is 9.87. The highest BCUT2D eigenvalue weighted by Crippen LogP contribution is 2.34. The molecule has 1 atom stereocenters. The van der Waals surface area contributed by atoms with Gasteiger partial charge in [-0.1, -0.05) is 18.2 Å². The van der Waals surface area contributed by atoms with Crippen molar-refractivity contribution in [2.24, 2.45) is 0 Å². The largest absolute Gasteiger partial charge is 0.453 e. The molecule has 0 fully saturated rings. The Morgan fingerprint density at radius 1 is 1.43 bits per heavy atom. The summed E-state index contributed by atoms with van der Waals surface area (Å²) in [5.74, 6) is 0.126. The Labute approximate surface area is 135 Å². The van der Waals surface area contributed by atoms with Gasteiger partial charge in [0.15, 0.2) is 0 Å². The Morgan fingerprint density at radius 2 is 2.30 bits per heavy atom. The molecule has 0 spiro atoms. The first-order valence-electron chi connectivity index (χ1n) is 7.63. The minimum absolute atomic E-state index is 0.126. The van der Waals surface area contributed by atoms with Gasteiger partial charge in [-0.05, 0) is 41.3 Å². The quantitative estimate of drug-likeness (QED) is 0.946. The van der Waals surface area contributed by atoms with Crippen LogP contribution in [0.25, 0.3) is 11.1 Å². The average molecular weight is 312 g/mol. The normalized spacial score (nSPS) is 16.5. The smallest absolute Gasteiger partial charge is 0.406 e. The fraction of sp³-hybridized carbons (Fsp3) is 0.333. The van der Waals surface area contributed by atoms with E-state index < -0.39 is 6.09 Å². The predicted molar refractivity (Wildman–Crippen MR) is 87.2 cm³/mol. The number of carbonyl (C=O) groups is 1. The average Bonchev–Trinajstić information content (AvgIpc) is 2.59. The van der Waals surface area contributed by atoms with Crippen molar-refractivity contribution in [1.29, 1.82) is 0 Å². The lowest BCUT2D eigenvalue weighted by Gasteiger charge is -2.27. The van der Waals surface area contributed by atoms with E-state index in [1.807, 2.05) is 19.2 Å². The fourth-order valence-corrected chi connectivity index (χ4v) is 2.97. The van der Waals surface area contributed by atoms with Gasteiger partial charge < -0.3 is 14.8 Å². The molecule has 1 unspecified atom stereocenters. The van der Waals surface area contributed by atoms with E-state index in [1.165, 1.54) is 18.2 Å². The van der Waals surface area contributed by atoms with Crippen LogP contribution in [0.1, 0.15) is 22.7 Å². The van der Waals surface area contributed by atoms with Gasteiger partial charge in [0.25, 0.3) is 0 Å². The molecule has 2 aromatic rings. The van der Waals surface area contributed by atoms with E-state index in [1.54, 1.807) is 0 Å². The van der Waals surface area contributed by atoms with Crippen molar-refractivity contribution in [1.82, 2.24) is 10.3 Å². The summed E-state index contributed by atoms with van der Waals surface area (Å²) >= 11 is 0. The van der Waals surface area contributed by atoms with Crippen LogP contribution in [-0.4, -0.2) is 31.3 Å². The maximum atomic E-state index is 11.3. The summed E-state index contributed by atoms with van der Waals surface area (Å²) < 4.78 is 10.4. The molecule has 0 radical (unpaired) electrons. The molecule has 0 bridgehead atoms. The number of fused-ring (bicyclic) bond motifs is 1. The van der Waals surface area contributed by atoms with Gasteiger partial charge in [-0.15, -0.1) is 0 Å². The molecule has 0 aliphatic carbocycles. The molecule has 1 amide bonds. The monoisotopic (exact) mass is 312 g/mol. The maximum absolute atomic E-state index is 11.3. The van der Waals surface area contributed by atoms with E-state index >= 15 is 0 Å². The zero-order valence-corrected chi connectivity index (χ0v) is 13.3. The second kappa shape index (κ2) is 6.79. The Kier molecular flexibility index (Phi) is 4.57. The number of aryl methyl sites for hydroxylation is 1. The number of nitrogens with one attached hydrogen (secondary N) is 1. The summed E-state index contributed by atoms with van der Waals surface area (Å²) in [5, 5.41) is 2.76. The number of pyridine rings is 1. The lowest BCUT2D eigenvalue weighted by molar-refractivity contribution is 0.0902. The van der Waals surface area contributed by atoms with Gasteiger partial charge in [0.1, 0.15) is 0 Å². The predicted octanol–water partition coefficient (Wildman–Crippen LogP) is 3.03. The molecular formula is C18H20N2O3. The molecule has 1 aromatic heterocycles. The summed E-state index contributed by atoms with van der Waals surface area (Å²) in [4.78, 5) is 15.6. The fourth-order valence-electron chi connectivity index (χ4n) is 2.97. The standard InChI is InChI=1S/C18H20N2O3/c1-12-8-13(6-7-19-12)15-4-3-5-16-14(9-20-18(21)22-2)10-23-11-17(15)16/h3-8,14H,9-11H2,1-2H3,(H,20,21). The molecule has 5 heteroatoms. The molecule has 5 nitrogen and oxygen atoms in total. The first-order chi connectivity index (χ1) is 11.2. The van der Waals surface area contributed by atoms with Crippen molar-refractivity contribution in [3.05, 3.63) is 53.3 Å². The third-order valence-electron chi connectivity index (χ3n) is 4.10. The van der Waals surface area contributed by atoms with Crippen molar-refractivity contribution >= 4 is 6.09 Å². The number of ether oxygens (including phenoxy) is 2. The zero-order valence-electron chi connectivity index (χ0n) is 13.3. The molecule has 0 saturated carbocycles. The number of benzene rings is 1. The molecule has 0 saturated heterocycles. The van der Waals surface area contributed by atoms with Gasteiger partial charge >= 0.3 is 6.09 Å². The van der Waals surface area contributed by atoms with Crippen LogP contribution in [-0.2, 0) is 16.1 Å². The Morgan fingerprint density at radius 3 is 3.09 bits per heavy atom. The van der Waals surface area contributed by atoms with Gasteiger partial charge in [-0.2, -0.15) is 0 Å². The third kappa shape index (κ3) is 3.35. The highest BCUT2D eigenvalue weighted by atomic mass is 16.5. The minimum atomic E-state index is -0.418. The topological polar surface area (TPSA) is 60.5 Å². The summed E-state index contributed by atoms with van der Waals surface area (Å²) in [6.07, 6.45) is 1.40. The summed E-state index contributed by atoms with van der Waals surface area (Å²) in [5.41, 5.74) is 5.69. The third-order valence-corrected chi connectivity index (χ3v) is 4.10. The number of nitrogens with zero attached hydrogens (tertiary/aromatic N) is 1. The number of carbonyl (C=O) groups excluding carboxylic acids is 1. The van der Waals surface area contributed by atoms with Crippen molar-refractivity contribution in [3.63, 3.8) is 0 Å². The first kappa shape index (κ1) is 15.5. The molecule has 2 heterocycles. The molecule has 1 aliphatic heterocycles. The van der Waals surface area contributed by atoms with Crippen LogP contribution in [0.5, 0.6) is 0 Å². The van der Waals surface area contributed by atoms with E-state index in [0.29, 0.717) is 19.8 Å². The van der Waals surface area contributed by atoms with Crippen molar-refractivity contribution in [2.75, 3.05) is 20.3 Å². The molecule has 1 N–H and O–H groups in total. The van der Waals surface area contributed by atoms with E-state index in [0.717, 1.165) is 16.8 Å². The van der Waals surface area contributed by atoms with Crippen LogP contribution in [0.15, 0.2) is 36.5 Å². The van der Waals surface area contributed by atoms with Crippen LogP contribution < -0.4 is 5.32 Å². The Hall–Kier alpha value is -2.40. The Balaban J connectivity index is 1.92. The number of aromatic nitrogens is 1. The molecular weight excluding hydrogens is 292 g/mol. The number of rotatable bonds is 3. The summed E-state index contributed by atoms with van der Waals surface area (Å²) in [6.45, 7) is 3.66. The molecule has 1 aliphatic rings. The molecule has 3 rings (SSSR count). The summed E-state index contributed by atoms with van der Waals surface area (Å²) in [6, 6.07) is 10.4. The van der Waals surface area contributed by atoms with E-state index in [-0.39, 0.29) is 5.92 Å². The molecule has 23 heavy (non-hydrogen) atoms. The highest BCUT2D eigenvalue weighted by molar-refractivity contribution is 5.70. The van der Waals surface area contributed by atoms with Crippen molar-refractivity contribution in [3.8, 4) is 11.1 Å². The number of amides is 1. The highest BCUT2D eigenvalue weighted by Gasteiger charge is 2.23. The van der Waals surface area contributed by atoms with Crippen LogP contribution in [0.2, 0.25) is 0 Å². The van der Waals surface area contributed by atoms with Gasteiger partial charge in [0.2, 0.25) is 0 Å². The second-order valence-corrected chi connectivity index (χ2v) is 5.64. The molecule has 1 aromatic carbocycles. The van der Waals surface area contributed by atoms with E-state index in [2.05, 4.69) is 39.3 Å². The number of hydrogen-bond acceptors (Lipinski definition) is 4. The number of hydrogen-bond donors (Lipinski definition) is 1. The van der Waals surface area contributed by atoms with Crippen LogP contribution in [0.3, 0.4) is 0 Å². The first-order valence-corrected chi connectivity index (χ1v) is 7.63. The van der Waals surface area contributed by atoms with Gasteiger partial charge in [-0.25, -0.2) is 4.79 Å². The SMILES string of the molecule is COC(=O)NCC1COCc2c(-c3ccnc(C)c3)cccc21. The minimum Gasteiger partial charge on any atom is -0.453 e. The van der Waals surface area contributed by atoms with Gasteiger partial charge in [-0.3, -0.25) is 4.98 Å². The van der Waals surface area contributed by atoms with Crippen LogP contribution >= 0.6 is 0 Å². The summed E-state index contributed by atoms with van der Waals surface area (Å²) in [7, 11) is 1.37. The van der Waals surface area contributed by atoms with Gasteiger partial charge in [0, 0.05) is 24.4 Å². The van der Waals surface area contributed by atoms with Gasteiger partial charge in [0.05, 0.1) is 20.3 Å². The second-order valence-electron chi connectivity index (χ2n) is 5.64. The maximum Gasteiger partial charge on any atom is 0.406 e. The van der Waals surface area contributed by atoms with E-state index in [4.69, 9.17) is 4.74 Å². The zero-order chi connectivity index (χ0) is 16.2. The van der Waals surface area contributed by atoms with Crippen LogP contribution in [0.4, 0.5) is 4.79 Å². The lowest BCUT2D eigenvalue weighted by Crippen LogP contribution is -2.32.